The van der Waals surface area contributed by atoms with Crippen LogP contribution in [0.4, 0.5) is 5.69 Å². The van der Waals surface area contributed by atoms with Crippen molar-refractivity contribution in [1.82, 2.24) is 5.16 Å². The van der Waals surface area contributed by atoms with E-state index in [-0.39, 0.29) is 11.5 Å². The molecular formula is C16H14N2O4S. The largest absolute Gasteiger partial charge is 0.356 e. The highest BCUT2D eigenvalue weighted by molar-refractivity contribution is 7.91. The number of carbonyl (C=O) groups excluding carboxylic acids is 1. The fourth-order valence-electron chi connectivity index (χ4n) is 2.24. The zero-order chi connectivity index (χ0) is 16.4. The molecule has 2 aromatic carbocycles. The van der Waals surface area contributed by atoms with Gasteiger partial charge in [0.2, 0.25) is 10.0 Å². The Kier molecular flexibility index (Phi) is 3.87. The van der Waals surface area contributed by atoms with Crippen molar-refractivity contribution in [2.45, 2.75) is 12.7 Å². The third kappa shape index (κ3) is 3.40. The van der Waals surface area contributed by atoms with Gasteiger partial charge in [-0.25, -0.2) is 8.42 Å². The molecule has 0 aliphatic rings. The molecule has 0 atom stereocenters. The van der Waals surface area contributed by atoms with Gasteiger partial charge < -0.3 is 4.52 Å². The first-order chi connectivity index (χ1) is 10.9. The van der Waals surface area contributed by atoms with Crippen LogP contribution in [0.5, 0.6) is 0 Å². The lowest BCUT2D eigenvalue weighted by Crippen LogP contribution is -2.15. The molecule has 0 bridgehead atoms. The minimum absolute atomic E-state index is 0.131. The van der Waals surface area contributed by atoms with Crippen LogP contribution in [0, 0.1) is 0 Å². The molecule has 6 nitrogen and oxygen atoms in total. The number of nitrogens with zero attached hydrogens (tertiary/aromatic N) is 1. The number of nitrogens with one attached hydrogen (secondary N) is 1. The van der Waals surface area contributed by atoms with Crippen molar-refractivity contribution in [3.8, 4) is 0 Å². The summed E-state index contributed by atoms with van der Waals surface area (Å²) in [6.07, 6.45) is 0. The van der Waals surface area contributed by atoms with Crippen molar-refractivity contribution >= 4 is 32.5 Å². The van der Waals surface area contributed by atoms with E-state index in [1.165, 1.54) is 13.0 Å². The summed E-state index contributed by atoms with van der Waals surface area (Å²) in [5, 5.41) is 4.48. The number of anilines is 1. The summed E-state index contributed by atoms with van der Waals surface area (Å²) in [5.74, 6) is -0.442. The molecule has 0 aliphatic carbocycles. The number of fused-ring (bicyclic) bond motifs is 1. The first kappa shape index (κ1) is 15.2. The van der Waals surface area contributed by atoms with Crippen molar-refractivity contribution < 1.29 is 17.7 Å². The van der Waals surface area contributed by atoms with Gasteiger partial charge in [0.05, 0.1) is 0 Å². The molecule has 0 radical (unpaired) electrons. The molecule has 1 N–H and O–H groups in total. The number of ketones is 1. The van der Waals surface area contributed by atoms with E-state index in [1.807, 2.05) is 0 Å². The molecule has 3 aromatic rings. The highest BCUT2D eigenvalue weighted by Gasteiger charge is 2.17. The summed E-state index contributed by atoms with van der Waals surface area (Å²) in [5.41, 5.74) is 1.66. The molecule has 0 saturated heterocycles. The van der Waals surface area contributed by atoms with Crippen LogP contribution >= 0.6 is 0 Å². The van der Waals surface area contributed by atoms with Gasteiger partial charge in [0, 0.05) is 16.6 Å². The van der Waals surface area contributed by atoms with E-state index in [0.29, 0.717) is 27.9 Å². The Balaban J connectivity index is 1.85. The summed E-state index contributed by atoms with van der Waals surface area (Å²) < 4.78 is 32.2. The number of aromatic nitrogens is 1. The molecule has 0 spiro atoms. The van der Waals surface area contributed by atoms with E-state index >= 15 is 0 Å². The molecule has 0 amide bonds. The predicted octanol–water partition coefficient (Wildman–Crippen LogP) is 2.97. The summed E-state index contributed by atoms with van der Waals surface area (Å²) in [7, 11) is -3.68. The van der Waals surface area contributed by atoms with E-state index in [1.54, 1.807) is 42.5 Å². The van der Waals surface area contributed by atoms with E-state index in [0.717, 1.165) is 0 Å². The Morgan fingerprint density at radius 2 is 1.96 bits per heavy atom. The molecule has 0 aliphatic heterocycles. The average Bonchev–Trinajstić information content (AvgIpc) is 2.90. The highest BCUT2D eigenvalue weighted by atomic mass is 32.2. The van der Waals surface area contributed by atoms with Gasteiger partial charge in [-0.1, -0.05) is 29.4 Å². The highest BCUT2D eigenvalue weighted by Crippen LogP contribution is 2.21. The monoisotopic (exact) mass is 330 g/mol. The molecular weight excluding hydrogens is 316 g/mol. The lowest BCUT2D eigenvalue weighted by molar-refractivity contribution is 0.101. The first-order valence-electron chi connectivity index (χ1n) is 6.89. The second-order valence-corrected chi connectivity index (χ2v) is 6.85. The molecule has 1 heterocycles. The summed E-state index contributed by atoms with van der Waals surface area (Å²) in [6.45, 7) is 1.43. The van der Waals surface area contributed by atoms with Crippen molar-refractivity contribution in [2.75, 3.05) is 4.72 Å². The predicted molar refractivity (Wildman–Crippen MR) is 86.7 cm³/mol. The van der Waals surface area contributed by atoms with Gasteiger partial charge in [-0.15, -0.1) is 0 Å². The first-order valence-corrected chi connectivity index (χ1v) is 8.55. The maximum absolute atomic E-state index is 12.3. The van der Waals surface area contributed by atoms with E-state index in [9.17, 15) is 13.2 Å². The average molecular weight is 330 g/mol. The van der Waals surface area contributed by atoms with Gasteiger partial charge in [0.25, 0.3) is 0 Å². The molecule has 7 heteroatoms. The van der Waals surface area contributed by atoms with Gasteiger partial charge in [-0.05, 0) is 31.2 Å². The zero-order valence-electron chi connectivity index (χ0n) is 12.3. The number of hydrogen-bond donors (Lipinski definition) is 1. The Bertz CT molecular complexity index is 976. The van der Waals surface area contributed by atoms with E-state index in [2.05, 4.69) is 9.88 Å². The van der Waals surface area contributed by atoms with Crippen LogP contribution < -0.4 is 4.72 Å². The molecule has 0 fully saturated rings. The van der Waals surface area contributed by atoms with Crippen LogP contribution in [-0.2, 0) is 15.8 Å². The van der Waals surface area contributed by atoms with Crippen LogP contribution in [0.15, 0.2) is 53.1 Å². The van der Waals surface area contributed by atoms with Crippen molar-refractivity contribution in [1.29, 1.82) is 0 Å². The smallest absolute Gasteiger partial charge is 0.238 e. The van der Waals surface area contributed by atoms with Crippen LogP contribution in [0.3, 0.4) is 0 Å². The Hall–Kier alpha value is -2.67. The minimum Gasteiger partial charge on any atom is -0.356 e. The van der Waals surface area contributed by atoms with Gasteiger partial charge >= 0.3 is 0 Å². The number of hydrogen-bond acceptors (Lipinski definition) is 5. The summed E-state index contributed by atoms with van der Waals surface area (Å²) in [6, 6.07) is 13.4. The Labute approximate surface area is 133 Å². The number of carbonyl (C=O) groups is 1. The molecule has 0 unspecified atom stereocenters. The number of sulfonamides is 1. The number of para-hydroxylation sites is 1. The SMILES string of the molecule is CC(=O)c1cccc(NS(=O)(=O)Cc2noc3ccccc23)c1. The molecule has 118 valence electrons. The molecule has 0 saturated carbocycles. The summed E-state index contributed by atoms with van der Waals surface area (Å²) in [4.78, 5) is 11.4. The topological polar surface area (TPSA) is 89.3 Å². The van der Waals surface area contributed by atoms with Gasteiger partial charge in [0.15, 0.2) is 11.4 Å². The number of Topliss-reactive ketones (excluding diaryl/α,β-unsaturated/α-hetero) is 1. The number of benzene rings is 2. The molecule has 23 heavy (non-hydrogen) atoms. The van der Waals surface area contributed by atoms with Gasteiger partial charge in [-0.3, -0.25) is 9.52 Å². The Morgan fingerprint density at radius 1 is 1.17 bits per heavy atom. The standard InChI is InChI=1S/C16H14N2O4S/c1-11(19)12-5-4-6-13(9-12)18-23(20,21)10-15-14-7-2-3-8-16(14)22-17-15/h2-9,18H,10H2,1H3. The zero-order valence-corrected chi connectivity index (χ0v) is 13.1. The fraction of sp³-hybridized carbons (Fsp3) is 0.125. The summed E-state index contributed by atoms with van der Waals surface area (Å²) >= 11 is 0. The molecule has 3 rings (SSSR count). The lowest BCUT2D eigenvalue weighted by Gasteiger charge is -2.07. The van der Waals surface area contributed by atoms with Crippen molar-refractivity contribution in [3.63, 3.8) is 0 Å². The maximum atomic E-state index is 12.3. The minimum atomic E-state index is -3.68. The van der Waals surface area contributed by atoms with Crippen molar-refractivity contribution in [2.24, 2.45) is 0 Å². The van der Waals surface area contributed by atoms with E-state index in [4.69, 9.17) is 4.52 Å². The second-order valence-electron chi connectivity index (χ2n) is 5.12. The normalized spacial score (nSPS) is 11.5. The molecule has 1 aromatic heterocycles. The van der Waals surface area contributed by atoms with Crippen LogP contribution in [0.2, 0.25) is 0 Å². The third-order valence-corrected chi connectivity index (χ3v) is 4.52. The quantitative estimate of drug-likeness (QED) is 0.726. The maximum Gasteiger partial charge on any atom is 0.238 e. The lowest BCUT2D eigenvalue weighted by atomic mass is 10.1. The van der Waals surface area contributed by atoms with E-state index < -0.39 is 10.0 Å². The van der Waals surface area contributed by atoms with Gasteiger partial charge in [0.1, 0.15) is 11.4 Å². The van der Waals surface area contributed by atoms with Crippen LogP contribution in [0.1, 0.15) is 23.0 Å². The van der Waals surface area contributed by atoms with Crippen LogP contribution in [0.25, 0.3) is 11.0 Å². The van der Waals surface area contributed by atoms with Gasteiger partial charge in [-0.2, -0.15) is 0 Å². The second kappa shape index (κ2) is 5.85. The Morgan fingerprint density at radius 3 is 2.74 bits per heavy atom. The third-order valence-electron chi connectivity index (χ3n) is 3.32. The fourth-order valence-corrected chi connectivity index (χ4v) is 3.37. The van der Waals surface area contributed by atoms with Crippen molar-refractivity contribution in [3.05, 3.63) is 59.8 Å². The van der Waals surface area contributed by atoms with Crippen LogP contribution in [-0.4, -0.2) is 19.4 Å². The number of rotatable bonds is 5.